The van der Waals surface area contributed by atoms with Crippen molar-refractivity contribution in [1.29, 1.82) is 0 Å². The zero-order chi connectivity index (χ0) is 11.8. The molecule has 0 bridgehead atoms. The summed E-state index contributed by atoms with van der Waals surface area (Å²) in [7, 11) is 1.71. The summed E-state index contributed by atoms with van der Waals surface area (Å²) in [4.78, 5) is 0. The van der Waals surface area contributed by atoms with Crippen LogP contribution in [-0.2, 0) is 0 Å². The zero-order valence-corrected chi connectivity index (χ0v) is 10.6. The van der Waals surface area contributed by atoms with Gasteiger partial charge in [-0.15, -0.1) is 0 Å². The molecule has 0 radical (unpaired) electrons. The van der Waals surface area contributed by atoms with E-state index >= 15 is 0 Å². The van der Waals surface area contributed by atoms with Crippen LogP contribution >= 0.6 is 0 Å². The van der Waals surface area contributed by atoms with E-state index < -0.39 is 0 Å². The molecule has 0 aliphatic heterocycles. The SMILES string of the molecule is CCCCC/C=C\c1cc(C)cc(OC)c1. The molecule has 0 heterocycles. The maximum Gasteiger partial charge on any atom is 0.119 e. The average Bonchev–Trinajstić information content (AvgIpc) is 2.28. The summed E-state index contributed by atoms with van der Waals surface area (Å²) >= 11 is 0. The van der Waals surface area contributed by atoms with Gasteiger partial charge in [0.1, 0.15) is 5.75 Å². The van der Waals surface area contributed by atoms with Crippen LogP contribution in [0, 0.1) is 6.92 Å². The molecule has 1 heteroatoms. The highest BCUT2D eigenvalue weighted by atomic mass is 16.5. The topological polar surface area (TPSA) is 9.23 Å². The van der Waals surface area contributed by atoms with Gasteiger partial charge in [0.15, 0.2) is 0 Å². The summed E-state index contributed by atoms with van der Waals surface area (Å²) in [6, 6.07) is 6.30. The number of rotatable bonds is 6. The van der Waals surface area contributed by atoms with Crippen molar-refractivity contribution in [3.05, 3.63) is 35.4 Å². The second kappa shape index (κ2) is 7.10. The number of allylic oxidation sites excluding steroid dienone is 1. The van der Waals surface area contributed by atoms with E-state index in [2.05, 4.69) is 44.2 Å². The number of hydrogen-bond acceptors (Lipinski definition) is 1. The van der Waals surface area contributed by atoms with Crippen LogP contribution in [0.2, 0.25) is 0 Å². The average molecular weight is 218 g/mol. The van der Waals surface area contributed by atoms with Gasteiger partial charge in [0, 0.05) is 0 Å². The van der Waals surface area contributed by atoms with Gasteiger partial charge < -0.3 is 4.74 Å². The van der Waals surface area contributed by atoms with E-state index in [0.717, 1.165) is 5.75 Å². The van der Waals surface area contributed by atoms with E-state index in [4.69, 9.17) is 4.74 Å². The molecule has 1 rings (SSSR count). The maximum atomic E-state index is 5.25. The summed E-state index contributed by atoms with van der Waals surface area (Å²) in [6.07, 6.45) is 9.50. The smallest absolute Gasteiger partial charge is 0.119 e. The second-order valence-electron chi connectivity index (χ2n) is 4.18. The third kappa shape index (κ3) is 4.52. The molecule has 0 aromatic heterocycles. The van der Waals surface area contributed by atoms with Crippen LogP contribution < -0.4 is 4.74 Å². The molecule has 0 aliphatic rings. The lowest BCUT2D eigenvalue weighted by atomic mass is 10.1. The molecule has 1 aromatic rings. The fourth-order valence-corrected chi connectivity index (χ4v) is 1.72. The fraction of sp³-hybridized carbons (Fsp3) is 0.467. The van der Waals surface area contributed by atoms with E-state index in [1.54, 1.807) is 7.11 Å². The summed E-state index contributed by atoms with van der Waals surface area (Å²) in [5.41, 5.74) is 2.47. The normalized spacial score (nSPS) is 10.9. The van der Waals surface area contributed by atoms with E-state index in [1.165, 1.54) is 36.8 Å². The molecule has 0 spiro atoms. The maximum absolute atomic E-state index is 5.25. The fourth-order valence-electron chi connectivity index (χ4n) is 1.72. The molecule has 1 nitrogen and oxygen atoms in total. The van der Waals surface area contributed by atoms with Crippen LogP contribution in [0.5, 0.6) is 5.75 Å². The molecule has 0 unspecified atom stereocenters. The Balaban J connectivity index is 2.55. The first-order valence-electron chi connectivity index (χ1n) is 6.08. The molecule has 0 aliphatic carbocycles. The standard InChI is InChI=1S/C15H22O/c1-4-5-6-7-8-9-14-10-13(2)11-15(12-14)16-3/h8-12H,4-7H2,1-3H3/b9-8-. The number of benzene rings is 1. The lowest BCUT2D eigenvalue weighted by molar-refractivity contribution is 0.414. The van der Waals surface area contributed by atoms with E-state index in [-0.39, 0.29) is 0 Å². The molecular weight excluding hydrogens is 196 g/mol. The van der Waals surface area contributed by atoms with Gasteiger partial charge in [0.2, 0.25) is 0 Å². The number of unbranched alkanes of at least 4 members (excludes halogenated alkanes) is 3. The van der Waals surface area contributed by atoms with Crippen molar-refractivity contribution in [2.24, 2.45) is 0 Å². The minimum atomic E-state index is 0.938. The minimum absolute atomic E-state index is 0.938. The largest absolute Gasteiger partial charge is 0.497 e. The Morgan fingerprint density at radius 2 is 2.00 bits per heavy atom. The van der Waals surface area contributed by atoms with Crippen LogP contribution in [0.25, 0.3) is 6.08 Å². The summed E-state index contributed by atoms with van der Waals surface area (Å²) < 4.78 is 5.25. The molecule has 0 saturated heterocycles. The Morgan fingerprint density at radius 3 is 2.69 bits per heavy atom. The first kappa shape index (κ1) is 12.8. The van der Waals surface area contributed by atoms with Crippen LogP contribution in [0.1, 0.15) is 43.7 Å². The van der Waals surface area contributed by atoms with Crippen molar-refractivity contribution in [3.8, 4) is 5.75 Å². The Morgan fingerprint density at radius 1 is 1.19 bits per heavy atom. The first-order chi connectivity index (χ1) is 7.76. The molecule has 16 heavy (non-hydrogen) atoms. The molecule has 0 atom stereocenters. The lowest BCUT2D eigenvalue weighted by Crippen LogP contribution is -1.85. The van der Waals surface area contributed by atoms with Crippen LogP contribution in [0.3, 0.4) is 0 Å². The van der Waals surface area contributed by atoms with Gasteiger partial charge in [-0.3, -0.25) is 0 Å². The van der Waals surface area contributed by atoms with Crippen molar-refractivity contribution < 1.29 is 4.74 Å². The molecule has 0 amide bonds. The van der Waals surface area contributed by atoms with Crippen molar-refractivity contribution >= 4 is 6.08 Å². The highest BCUT2D eigenvalue weighted by Crippen LogP contribution is 2.17. The van der Waals surface area contributed by atoms with Crippen molar-refractivity contribution in [2.45, 2.75) is 39.5 Å². The molecule has 0 fully saturated rings. The van der Waals surface area contributed by atoms with Gasteiger partial charge in [0.05, 0.1) is 7.11 Å². The van der Waals surface area contributed by atoms with Crippen LogP contribution in [0.4, 0.5) is 0 Å². The Bertz CT molecular complexity index is 339. The van der Waals surface area contributed by atoms with Gasteiger partial charge in [-0.1, -0.05) is 38.0 Å². The summed E-state index contributed by atoms with van der Waals surface area (Å²) in [6.45, 7) is 4.33. The highest BCUT2D eigenvalue weighted by Gasteiger charge is 1.95. The van der Waals surface area contributed by atoms with Gasteiger partial charge in [-0.25, -0.2) is 0 Å². The van der Waals surface area contributed by atoms with Crippen molar-refractivity contribution in [2.75, 3.05) is 7.11 Å². The number of aryl methyl sites for hydroxylation is 1. The number of methoxy groups -OCH3 is 1. The monoisotopic (exact) mass is 218 g/mol. The third-order valence-electron chi connectivity index (χ3n) is 2.59. The Kier molecular flexibility index (Phi) is 5.69. The quantitative estimate of drug-likeness (QED) is 0.634. The Labute approximate surface area is 99.1 Å². The number of ether oxygens (including phenoxy) is 1. The third-order valence-corrected chi connectivity index (χ3v) is 2.59. The van der Waals surface area contributed by atoms with Gasteiger partial charge >= 0.3 is 0 Å². The van der Waals surface area contributed by atoms with Crippen LogP contribution in [0.15, 0.2) is 24.3 Å². The second-order valence-corrected chi connectivity index (χ2v) is 4.18. The zero-order valence-electron chi connectivity index (χ0n) is 10.6. The highest BCUT2D eigenvalue weighted by molar-refractivity contribution is 5.53. The first-order valence-corrected chi connectivity index (χ1v) is 6.08. The predicted octanol–water partition coefficient (Wildman–Crippen LogP) is 4.60. The summed E-state index contributed by atoms with van der Waals surface area (Å²) in [5, 5.41) is 0. The van der Waals surface area contributed by atoms with Crippen molar-refractivity contribution in [3.63, 3.8) is 0 Å². The lowest BCUT2D eigenvalue weighted by Gasteiger charge is -2.03. The predicted molar refractivity (Wildman–Crippen MR) is 70.9 cm³/mol. The van der Waals surface area contributed by atoms with E-state index in [9.17, 15) is 0 Å². The van der Waals surface area contributed by atoms with E-state index in [1.807, 2.05) is 0 Å². The minimum Gasteiger partial charge on any atom is -0.497 e. The molecule has 0 saturated carbocycles. The Hall–Kier alpha value is -1.24. The van der Waals surface area contributed by atoms with Gasteiger partial charge in [-0.2, -0.15) is 0 Å². The molecular formula is C15H22O. The van der Waals surface area contributed by atoms with Crippen LogP contribution in [-0.4, -0.2) is 7.11 Å². The van der Waals surface area contributed by atoms with Gasteiger partial charge in [-0.05, 0) is 43.0 Å². The van der Waals surface area contributed by atoms with E-state index in [0.29, 0.717) is 0 Å². The summed E-state index contributed by atoms with van der Waals surface area (Å²) in [5.74, 6) is 0.938. The van der Waals surface area contributed by atoms with Gasteiger partial charge in [0.25, 0.3) is 0 Å². The number of hydrogen-bond donors (Lipinski definition) is 0. The molecule has 88 valence electrons. The molecule has 1 aromatic carbocycles. The molecule has 0 N–H and O–H groups in total. The van der Waals surface area contributed by atoms with Crippen molar-refractivity contribution in [1.82, 2.24) is 0 Å².